The van der Waals surface area contributed by atoms with Gasteiger partial charge in [0.1, 0.15) is 6.04 Å². The van der Waals surface area contributed by atoms with Gasteiger partial charge in [-0.05, 0) is 37.5 Å². The van der Waals surface area contributed by atoms with Crippen LogP contribution in [0.25, 0.3) is 0 Å². The van der Waals surface area contributed by atoms with Crippen molar-refractivity contribution < 1.29 is 13.2 Å². The van der Waals surface area contributed by atoms with Crippen molar-refractivity contribution in [2.45, 2.75) is 33.0 Å². The van der Waals surface area contributed by atoms with E-state index in [0.717, 1.165) is 16.7 Å². The average molecular weight is 286 g/mol. The van der Waals surface area contributed by atoms with Gasteiger partial charge in [0, 0.05) is 26.2 Å². The first-order valence-electron chi connectivity index (χ1n) is 6.90. The van der Waals surface area contributed by atoms with Crippen molar-refractivity contribution in [3.8, 4) is 0 Å². The normalized spacial score (nSPS) is 19.1. The van der Waals surface area contributed by atoms with Crippen molar-refractivity contribution >= 4 is 0 Å². The lowest BCUT2D eigenvalue weighted by Crippen LogP contribution is -2.49. The van der Waals surface area contributed by atoms with Crippen molar-refractivity contribution in [2.75, 3.05) is 26.2 Å². The van der Waals surface area contributed by atoms with E-state index < -0.39 is 12.2 Å². The fraction of sp³-hybridized carbons (Fsp3) is 0.600. The molecule has 0 aliphatic carbocycles. The Hall–Kier alpha value is -1.07. The molecule has 1 heterocycles. The minimum Gasteiger partial charge on any atom is -0.314 e. The molecule has 0 spiro atoms. The van der Waals surface area contributed by atoms with Gasteiger partial charge in [-0.3, -0.25) is 4.90 Å². The van der Waals surface area contributed by atoms with Crippen LogP contribution in [0.15, 0.2) is 12.1 Å². The first-order valence-corrected chi connectivity index (χ1v) is 6.90. The summed E-state index contributed by atoms with van der Waals surface area (Å²) in [5.41, 5.74) is 2.88. The molecule has 20 heavy (non-hydrogen) atoms. The van der Waals surface area contributed by atoms with Crippen LogP contribution in [0.3, 0.4) is 0 Å². The molecule has 2 rings (SSSR count). The van der Waals surface area contributed by atoms with Gasteiger partial charge in [0.15, 0.2) is 0 Å². The molecule has 112 valence electrons. The maximum atomic E-state index is 13.6. The lowest BCUT2D eigenvalue weighted by Gasteiger charge is -2.37. The first-order chi connectivity index (χ1) is 9.30. The number of piperazine rings is 1. The Morgan fingerprint density at radius 2 is 1.55 bits per heavy atom. The highest BCUT2D eigenvalue weighted by Gasteiger charge is 2.46. The molecule has 0 amide bonds. The predicted octanol–water partition coefficient (Wildman–Crippen LogP) is 3.12. The van der Waals surface area contributed by atoms with E-state index in [4.69, 9.17) is 0 Å². The van der Waals surface area contributed by atoms with Crippen LogP contribution in [-0.2, 0) is 0 Å². The molecule has 1 aromatic carbocycles. The standard InChI is InChI=1S/C15H21F3N2/c1-10-8-11(2)13(12(3)9-10)14(15(16,17)18)20-6-4-19-5-7-20/h8-9,14,19H,4-7H2,1-3H3/t14-/m1/s1. The topological polar surface area (TPSA) is 15.3 Å². The molecule has 0 aromatic heterocycles. The maximum Gasteiger partial charge on any atom is 0.408 e. The van der Waals surface area contributed by atoms with Crippen LogP contribution in [0, 0.1) is 20.8 Å². The van der Waals surface area contributed by atoms with E-state index in [2.05, 4.69) is 5.32 Å². The van der Waals surface area contributed by atoms with Crippen LogP contribution in [0.1, 0.15) is 28.3 Å². The summed E-state index contributed by atoms with van der Waals surface area (Å²) in [5.74, 6) is 0. The van der Waals surface area contributed by atoms with E-state index >= 15 is 0 Å². The fourth-order valence-electron chi connectivity index (χ4n) is 3.12. The Labute approximate surface area is 118 Å². The van der Waals surface area contributed by atoms with Crippen LogP contribution in [0.4, 0.5) is 13.2 Å². The number of alkyl halides is 3. The zero-order valence-corrected chi connectivity index (χ0v) is 12.1. The number of hydrogen-bond acceptors (Lipinski definition) is 2. The molecule has 1 N–H and O–H groups in total. The molecule has 2 nitrogen and oxygen atoms in total. The highest BCUT2D eigenvalue weighted by Crippen LogP contribution is 2.40. The van der Waals surface area contributed by atoms with Gasteiger partial charge in [0.05, 0.1) is 0 Å². The lowest BCUT2D eigenvalue weighted by atomic mass is 9.92. The minimum atomic E-state index is -4.25. The summed E-state index contributed by atoms with van der Waals surface area (Å²) >= 11 is 0. The molecule has 0 saturated carbocycles. The van der Waals surface area contributed by atoms with E-state index in [1.54, 1.807) is 18.7 Å². The van der Waals surface area contributed by atoms with Gasteiger partial charge in [-0.1, -0.05) is 17.7 Å². The summed E-state index contributed by atoms with van der Waals surface area (Å²) in [4.78, 5) is 1.54. The zero-order valence-electron chi connectivity index (χ0n) is 12.1. The molecule has 0 bridgehead atoms. The van der Waals surface area contributed by atoms with Crippen molar-refractivity contribution in [3.05, 3.63) is 34.4 Å². The quantitative estimate of drug-likeness (QED) is 0.898. The molecule has 1 aliphatic heterocycles. The van der Waals surface area contributed by atoms with E-state index in [1.165, 1.54) is 0 Å². The SMILES string of the molecule is Cc1cc(C)c([C@@H](N2CCNCC2)C(F)(F)F)c(C)c1. The van der Waals surface area contributed by atoms with Gasteiger partial charge in [0.2, 0.25) is 0 Å². The predicted molar refractivity (Wildman–Crippen MR) is 73.9 cm³/mol. The number of hydrogen-bond donors (Lipinski definition) is 1. The first kappa shape index (κ1) is 15.3. The molecule has 0 radical (unpaired) electrons. The Kier molecular flexibility index (Phi) is 4.39. The number of nitrogens with zero attached hydrogens (tertiary/aromatic N) is 1. The van der Waals surface area contributed by atoms with Crippen molar-refractivity contribution in [3.63, 3.8) is 0 Å². The molecule has 1 aromatic rings. The molecule has 0 unspecified atom stereocenters. The Morgan fingerprint density at radius 1 is 1.05 bits per heavy atom. The van der Waals surface area contributed by atoms with Crippen LogP contribution >= 0.6 is 0 Å². The van der Waals surface area contributed by atoms with Gasteiger partial charge in [-0.15, -0.1) is 0 Å². The highest BCUT2D eigenvalue weighted by atomic mass is 19.4. The molecular formula is C15H21F3N2. The van der Waals surface area contributed by atoms with Gasteiger partial charge in [-0.2, -0.15) is 13.2 Å². The molecule has 1 saturated heterocycles. The summed E-state index contributed by atoms with van der Waals surface area (Å²) in [6.07, 6.45) is -4.25. The van der Waals surface area contributed by atoms with E-state index in [1.807, 2.05) is 19.1 Å². The third kappa shape index (κ3) is 3.15. The minimum absolute atomic E-state index is 0.421. The van der Waals surface area contributed by atoms with Crippen LogP contribution in [-0.4, -0.2) is 37.3 Å². The van der Waals surface area contributed by atoms with Crippen LogP contribution in [0.5, 0.6) is 0 Å². The number of benzene rings is 1. The van der Waals surface area contributed by atoms with Crippen LogP contribution in [0.2, 0.25) is 0 Å². The molecule has 5 heteroatoms. The third-order valence-electron chi connectivity index (χ3n) is 3.84. The Balaban J connectivity index is 2.46. The second-order valence-corrected chi connectivity index (χ2v) is 5.54. The number of halogens is 3. The smallest absolute Gasteiger partial charge is 0.314 e. The number of rotatable bonds is 2. The average Bonchev–Trinajstić information content (AvgIpc) is 2.33. The largest absolute Gasteiger partial charge is 0.408 e. The third-order valence-corrected chi connectivity index (χ3v) is 3.84. The lowest BCUT2D eigenvalue weighted by molar-refractivity contribution is -0.188. The Morgan fingerprint density at radius 3 is 2.00 bits per heavy atom. The summed E-state index contributed by atoms with van der Waals surface area (Å²) in [6, 6.07) is 2.18. The molecule has 1 fully saturated rings. The highest BCUT2D eigenvalue weighted by molar-refractivity contribution is 5.40. The zero-order chi connectivity index (χ0) is 14.9. The summed E-state index contributed by atoms with van der Waals surface area (Å²) < 4.78 is 40.8. The van der Waals surface area contributed by atoms with E-state index in [0.29, 0.717) is 31.7 Å². The van der Waals surface area contributed by atoms with Gasteiger partial charge in [-0.25, -0.2) is 0 Å². The van der Waals surface area contributed by atoms with Gasteiger partial charge in [0.25, 0.3) is 0 Å². The molecule has 1 aliphatic rings. The van der Waals surface area contributed by atoms with E-state index in [9.17, 15) is 13.2 Å². The maximum absolute atomic E-state index is 13.6. The van der Waals surface area contributed by atoms with Crippen molar-refractivity contribution in [1.29, 1.82) is 0 Å². The molecule has 1 atom stereocenters. The fourth-order valence-corrected chi connectivity index (χ4v) is 3.12. The second kappa shape index (κ2) is 5.74. The Bertz CT molecular complexity index is 453. The van der Waals surface area contributed by atoms with Gasteiger partial charge < -0.3 is 5.32 Å². The summed E-state index contributed by atoms with van der Waals surface area (Å²) in [7, 11) is 0. The monoisotopic (exact) mass is 286 g/mol. The van der Waals surface area contributed by atoms with Crippen molar-refractivity contribution in [2.24, 2.45) is 0 Å². The van der Waals surface area contributed by atoms with Crippen molar-refractivity contribution in [1.82, 2.24) is 10.2 Å². The summed E-state index contributed by atoms with van der Waals surface area (Å²) in [5, 5.41) is 3.10. The van der Waals surface area contributed by atoms with Crippen LogP contribution < -0.4 is 5.32 Å². The summed E-state index contributed by atoms with van der Waals surface area (Å²) in [6.45, 7) is 7.53. The second-order valence-electron chi connectivity index (χ2n) is 5.54. The van der Waals surface area contributed by atoms with E-state index in [-0.39, 0.29) is 0 Å². The molecular weight excluding hydrogens is 265 g/mol. The van der Waals surface area contributed by atoms with Gasteiger partial charge >= 0.3 is 6.18 Å². The number of nitrogens with one attached hydrogen (secondary N) is 1. The number of aryl methyl sites for hydroxylation is 3.